The predicted octanol–water partition coefficient (Wildman–Crippen LogP) is 3.62. The number of benzene rings is 2. The lowest BCUT2D eigenvalue weighted by atomic mass is 10.1. The topological polar surface area (TPSA) is 38.3 Å². The standard InChI is InChI=1S/C15H14BrNO2/c1-11-13(8-5-9-14(11)16)15(18)17-19-10-12-6-3-2-4-7-12/h2-9H,10H2,1H3,(H,17,18). The Bertz CT molecular complexity index is 570. The summed E-state index contributed by atoms with van der Waals surface area (Å²) in [4.78, 5) is 17.2. The van der Waals surface area contributed by atoms with Gasteiger partial charge in [0.15, 0.2) is 0 Å². The van der Waals surface area contributed by atoms with Crippen molar-refractivity contribution in [1.82, 2.24) is 5.48 Å². The van der Waals surface area contributed by atoms with Crippen LogP contribution in [0.25, 0.3) is 0 Å². The summed E-state index contributed by atoms with van der Waals surface area (Å²) in [7, 11) is 0. The molecule has 98 valence electrons. The minimum atomic E-state index is -0.241. The second-order valence-corrected chi connectivity index (χ2v) is 4.97. The zero-order valence-corrected chi connectivity index (χ0v) is 12.1. The van der Waals surface area contributed by atoms with Crippen LogP contribution in [0.4, 0.5) is 0 Å². The molecule has 0 aliphatic rings. The smallest absolute Gasteiger partial charge is 0.269 e. The Labute approximate surface area is 120 Å². The summed E-state index contributed by atoms with van der Waals surface area (Å²) < 4.78 is 0.906. The van der Waals surface area contributed by atoms with Crippen LogP contribution in [0.2, 0.25) is 0 Å². The van der Waals surface area contributed by atoms with Gasteiger partial charge in [-0.25, -0.2) is 5.48 Å². The molecule has 0 saturated carbocycles. The van der Waals surface area contributed by atoms with Crippen LogP contribution >= 0.6 is 15.9 Å². The number of hydrogen-bond donors (Lipinski definition) is 1. The molecule has 4 heteroatoms. The monoisotopic (exact) mass is 319 g/mol. The van der Waals surface area contributed by atoms with Gasteiger partial charge >= 0.3 is 0 Å². The first-order valence-electron chi connectivity index (χ1n) is 5.89. The largest absolute Gasteiger partial charge is 0.275 e. The van der Waals surface area contributed by atoms with Gasteiger partial charge in [0.2, 0.25) is 0 Å². The van der Waals surface area contributed by atoms with E-state index in [-0.39, 0.29) is 5.91 Å². The molecule has 3 nitrogen and oxygen atoms in total. The number of carbonyl (C=O) groups excluding carboxylic acids is 1. The van der Waals surface area contributed by atoms with Crippen molar-refractivity contribution in [3.8, 4) is 0 Å². The van der Waals surface area contributed by atoms with Gasteiger partial charge in [-0.1, -0.05) is 52.3 Å². The summed E-state index contributed by atoms with van der Waals surface area (Å²) in [6.45, 7) is 2.23. The number of nitrogens with one attached hydrogen (secondary N) is 1. The Balaban J connectivity index is 1.93. The van der Waals surface area contributed by atoms with Gasteiger partial charge in [0.1, 0.15) is 0 Å². The number of rotatable bonds is 4. The molecule has 2 aromatic rings. The molecular weight excluding hydrogens is 306 g/mol. The van der Waals surface area contributed by atoms with Crippen molar-refractivity contribution in [1.29, 1.82) is 0 Å². The van der Waals surface area contributed by atoms with Crippen LogP contribution in [0, 0.1) is 6.92 Å². The molecule has 2 aromatic carbocycles. The lowest BCUT2D eigenvalue weighted by molar-refractivity contribution is 0.0233. The molecule has 0 heterocycles. The van der Waals surface area contributed by atoms with Crippen LogP contribution in [-0.2, 0) is 11.4 Å². The average Bonchev–Trinajstić information content (AvgIpc) is 2.43. The van der Waals surface area contributed by atoms with Crippen LogP contribution in [-0.4, -0.2) is 5.91 Å². The Morgan fingerprint density at radius 2 is 1.89 bits per heavy atom. The van der Waals surface area contributed by atoms with Crippen molar-refractivity contribution in [3.05, 3.63) is 69.7 Å². The van der Waals surface area contributed by atoms with Crippen molar-refractivity contribution < 1.29 is 9.63 Å². The summed E-state index contributed by atoms with van der Waals surface area (Å²) in [5, 5.41) is 0. The first-order valence-corrected chi connectivity index (χ1v) is 6.69. The van der Waals surface area contributed by atoms with E-state index < -0.39 is 0 Å². The van der Waals surface area contributed by atoms with Crippen LogP contribution in [0.15, 0.2) is 53.0 Å². The van der Waals surface area contributed by atoms with Gasteiger partial charge in [-0.3, -0.25) is 9.63 Å². The molecule has 0 spiro atoms. The Kier molecular flexibility index (Phi) is 4.71. The number of carbonyl (C=O) groups is 1. The highest BCUT2D eigenvalue weighted by Crippen LogP contribution is 2.19. The summed E-state index contributed by atoms with van der Waals surface area (Å²) >= 11 is 3.40. The van der Waals surface area contributed by atoms with E-state index in [2.05, 4.69) is 21.4 Å². The van der Waals surface area contributed by atoms with Gasteiger partial charge in [0.25, 0.3) is 5.91 Å². The van der Waals surface area contributed by atoms with Gasteiger partial charge in [-0.2, -0.15) is 0 Å². The molecule has 0 bridgehead atoms. The van der Waals surface area contributed by atoms with Crippen LogP contribution in [0.3, 0.4) is 0 Å². The Morgan fingerprint density at radius 1 is 1.16 bits per heavy atom. The fraction of sp³-hybridized carbons (Fsp3) is 0.133. The average molecular weight is 320 g/mol. The molecule has 0 aliphatic carbocycles. The van der Waals surface area contributed by atoms with Gasteiger partial charge in [-0.05, 0) is 30.2 Å². The van der Waals surface area contributed by atoms with Gasteiger partial charge < -0.3 is 0 Å². The Morgan fingerprint density at radius 3 is 2.63 bits per heavy atom. The normalized spacial score (nSPS) is 10.2. The zero-order chi connectivity index (χ0) is 13.7. The molecule has 1 amide bonds. The quantitative estimate of drug-likeness (QED) is 0.874. The van der Waals surface area contributed by atoms with Crippen molar-refractivity contribution in [3.63, 3.8) is 0 Å². The van der Waals surface area contributed by atoms with E-state index in [0.717, 1.165) is 15.6 Å². The summed E-state index contributed by atoms with van der Waals surface area (Å²) in [5.41, 5.74) is 4.96. The van der Waals surface area contributed by atoms with E-state index >= 15 is 0 Å². The second kappa shape index (κ2) is 6.50. The fourth-order valence-corrected chi connectivity index (χ4v) is 2.03. The lowest BCUT2D eigenvalue weighted by Gasteiger charge is -2.09. The third kappa shape index (κ3) is 3.66. The van der Waals surface area contributed by atoms with Crippen molar-refractivity contribution in [2.75, 3.05) is 0 Å². The minimum Gasteiger partial charge on any atom is -0.269 e. The summed E-state index contributed by atoms with van der Waals surface area (Å²) in [5.74, 6) is -0.241. The van der Waals surface area contributed by atoms with Crippen LogP contribution in [0.1, 0.15) is 21.5 Å². The highest BCUT2D eigenvalue weighted by Gasteiger charge is 2.10. The van der Waals surface area contributed by atoms with Crippen molar-refractivity contribution >= 4 is 21.8 Å². The lowest BCUT2D eigenvalue weighted by Crippen LogP contribution is -2.24. The van der Waals surface area contributed by atoms with Crippen LogP contribution < -0.4 is 5.48 Å². The molecule has 0 aromatic heterocycles. The molecule has 0 radical (unpaired) electrons. The fourth-order valence-electron chi connectivity index (χ4n) is 1.67. The zero-order valence-electron chi connectivity index (χ0n) is 10.5. The van der Waals surface area contributed by atoms with Gasteiger partial charge in [0, 0.05) is 10.0 Å². The number of amides is 1. The maximum Gasteiger partial charge on any atom is 0.275 e. The number of halogens is 1. The maximum atomic E-state index is 12.0. The SMILES string of the molecule is Cc1c(Br)cccc1C(=O)NOCc1ccccc1. The van der Waals surface area contributed by atoms with E-state index in [1.165, 1.54) is 0 Å². The third-order valence-corrected chi connectivity index (χ3v) is 3.62. The Hall–Kier alpha value is -1.65. The maximum absolute atomic E-state index is 12.0. The van der Waals surface area contributed by atoms with Gasteiger partial charge in [-0.15, -0.1) is 0 Å². The summed E-state index contributed by atoms with van der Waals surface area (Å²) in [6, 6.07) is 15.2. The van der Waals surface area contributed by atoms with E-state index in [4.69, 9.17) is 4.84 Å². The van der Waals surface area contributed by atoms with E-state index in [0.29, 0.717) is 12.2 Å². The van der Waals surface area contributed by atoms with E-state index in [9.17, 15) is 4.79 Å². The molecule has 0 fully saturated rings. The third-order valence-electron chi connectivity index (χ3n) is 2.76. The van der Waals surface area contributed by atoms with E-state index in [1.807, 2.05) is 49.4 Å². The minimum absolute atomic E-state index is 0.241. The van der Waals surface area contributed by atoms with Crippen molar-refractivity contribution in [2.45, 2.75) is 13.5 Å². The number of hydroxylamine groups is 1. The van der Waals surface area contributed by atoms with Gasteiger partial charge in [0.05, 0.1) is 6.61 Å². The number of hydrogen-bond acceptors (Lipinski definition) is 2. The van der Waals surface area contributed by atoms with E-state index in [1.54, 1.807) is 6.07 Å². The first-order chi connectivity index (χ1) is 9.18. The predicted molar refractivity (Wildman–Crippen MR) is 77.6 cm³/mol. The summed E-state index contributed by atoms with van der Waals surface area (Å²) in [6.07, 6.45) is 0. The highest BCUT2D eigenvalue weighted by atomic mass is 79.9. The molecule has 1 N–H and O–H groups in total. The van der Waals surface area contributed by atoms with Crippen LogP contribution in [0.5, 0.6) is 0 Å². The molecule has 19 heavy (non-hydrogen) atoms. The molecule has 0 aliphatic heterocycles. The molecular formula is C15H14BrNO2. The molecule has 0 unspecified atom stereocenters. The highest BCUT2D eigenvalue weighted by molar-refractivity contribution is 9.10. The molecule has 2 rings (SSSR count). The molecule has 0 saturated heterocycles. The molecule has 0 atom stereocenters. The second-order valence-electron chi connectivity index (χ2n) is 4.12. The van der Waals surface area contributed by atoms with Crippen molar-refractivity contribution in [2.24, 2.45) is 0 Å². The first kappa shape index (κ1) is 13.8.